The van der Waals surface area contributed by atoms with E-state index in [-0.39, 0.29) is 5.91 Å². The molecule has 0 aromatic heterocycles. The van der Waals surface area contributed by atoms with Crippen molar-refractivity contribution in [2.75, 3.05) is 31.6 Å². The van der Waals surface area contributed by atoms with Crippen LogP contribution in [0.15, 0.2) is 36.4 Å². The first-order valence-corrected chi connectivity index (χ1v) is 9.92. The Morgan fingerprint density at radius 1 is 1.21 bits per heavy atom. The zero-order chi connectivity index (χ0) is 19.7. The van der Waals surface area contributed by atoms with Gasteiger partial charge in [0.15, 0.2) is 0 Å². The molecule has 1 spiro atoms. The fraction of sp³-hybridized carbons (Fsp3) is 0.364. The van der Waals surface area contributed by atoms with E-state index >= 15 is 0 Å². The van der Waals surface area contributed by atoms with Crippen molar-refractivity contribution >= 4 is 29.5 Å². The van der Waals surface area contributed by atoms with Crippen molar-refractivity contribution in [3.05, 3.63) is 58.1 Å². The van der Waals surface area contributed by atoms with Gasteiger partial charge in [-0.2, -0.15) is 0 Å². The van der Waals surface area contributed by atoms with Crippen molar-refractivity contribution < 1.29 is 14.3 Å². The zero-order valence-corrected chi connectivity index (χ0v) is 16.6. The lowest BCUT2D eigenvalue weighted by Crippen LogP contribution is -2.47. The first-order valence-electron chi connectivity index (χ1n) is 9.54. The van der Waals surface area contributed by atoms with Crippen LogP contribution in [0.2, 0.25) is 5.02 Å². The third-order valence-electron chi connectivity index (χ3n) is 5.93. The smallest absolute Gasteiger partial charge is 0.235 e. The summed E-state index contributed by atoms with van der Waals surface area (Å²) in [5.41, 5.74) is 3.06. The molecule has 1 amide bonds. The molecule has 2 aliphatic heterocycles. The summed E-state index contributed by atoms with van der Waals surface area (Å²) in [6.07, 6.45) is 2.41. The van der Waals surface area contributed by atoms with Crippen molar-refractivity contribution in [1.29, 1.82) is 0 Å². The molecule has 1 saturated heterocycles. The normalized spacial score (nSPS) is 18.0. The zero-order valence-electron chi connectivity index (χ0n) is 15.8. The topological polar surface area (TPSA) is 58.6 Å². The number of hydrogen-bond acceptors (Lipinski definition) is 4. The summed E-state index contributed by atoms with van der Waals surface area (Å²) in [5, 5.41) is 3.68. The first-order chi connectivity index (χ1) is 13.5. The summed E-state index contributed by atoms with van der Waals surface area (Å²) < 4.78 is 5.84. The molecule has 2 heterocycles. The number of rotatable bonds is 5. The number of aryl methyl sites for hydroxylation is 1. The van der Waals surface area contributed by atoms with Gasteiger partial charge < -0.3 is 10.1 Å². The second-order valence-electron chi connectivity index (χ2n) is 7.55. The maximum Gasteiger partial charge on any atom is 0.235 e. The highest BCUT2D eigenvalue weighted by Gasteiger charge is 2.48. The summed E-state index contributed by atoms with van der Waals surface area (Å²) >= 11 is 6.17. The summed E-state index contributed by atoms with van der Waals surface area (Å²) in [5.74, 6) is 0.863. The van der Waals surface area contributed by atoms with Crippen LogP contribution >= 0.6 is 11.6 Å². The maximum atomic E-state index is 12.7. The fourth-order valence-corrected chi connectivity index (χ4v) is 4.38. The molecule has 2 aromatic carbocycles. The number of amides is 1. The minimum atomic E-state index is -0.459. The average Bonchev–Trinajstić information content (AvgIpc) is 2.95. The van der Waals surface area contributed by atoms with Gasteiger partial charge in [-0.05, 0) is 80.4 Å². The molecular weight excluding hydrogens is 376 g/mol. The van der Waals surface area contributed by atoms with Crippen LogP contribution in [0.25, 0.3) is 0 Å². The van der Waals surface area contributed by atoms with Gasteiger partial charge in [0.1, 0.15) is 18.6 Å². The number of fused-ring (bicyclic) bond motifs is 2. The van der Waals surface area contributed by atoms with Crippen molar-refractivity contribution in [1.82, 2.24) is 4.90 Å². The Bertz CT molecular complexity index is 920. The molecule has 1 N–H and O–H groups in total. The van der Waals surface area contributed by atoms with Crippen molar-refractivity contribution in [3.8, 4) is 5.75 Å². The minimum Gasteiger partial charge on any atom is -0.492 e. The van der Waals surface area contributed by atoms with Gasteiger partial charge in [-0.15, -0.1) is 0 Å². The van der Waals surface area contributed by atoms with Crippen molar-refractivity contribution in [2.45, 2.75) is 25.2 Å². The van der Waals surface area contributed by atoms with E-state index in [2.05, 4.69) is 10.2 Å². The Hall–Kier alpha value is -2.37. The van der Waals surface area contributed by atoms with Gasteiger partial charge in [0.05, 0.1) is 5.41 Å². The van der Waals surface area contributed by atoms with Crippen molar-refractivity contribution in [2.24, 2.45) is 0 Å². The van der Waals surface area contributed by atoms with E-state index in [0.717, 1.165) is 61.3 Å². The van der Waals surface area contributed by atoms with Crippen molar-refractivity contribution in [3.63, 3.8) is 0 Å². The summed E-state index contributed by atoms with van der Waals surface area (Å²) in [4.78, 5) is 25.9. The second-order valence-corrected chi connectivity index (χ2v) is 7.99. The van der Waals surface area contributed by atoms with Gasteiger partial charge in [-0.3, -0.25) is 14.5 Å². The lowest BCUT2D eigenvalue weighted by Gasteiger charge is -2.38. The van der Waals surface area contributed by atoms with Crippen LogP contribution in [0, 0.1) is 6.92 Å². The second kappa shape index (κ2) is 7.57. The van der Waals surface area contributed by atoms with E-state index in [1.807, 2.05) is 37.3 Å². The van der Waals surface area contributed by atoms with Crippen LogP contribution < -0.4 is 10.1 Å². The predicted octanol–water partition coefficient (Wildman–Crippen LogP) is 3.83. The molecule has 0 aliphatic carbocycles. The van der Waals surface area contributed by atoms with E-state index in [4.69, 9.17) is 16.3 Å². The number of anilines is 1. The number of aldehydes is 1. The van der Waals surface area contributed by atoms with E-state index in [9.17, 15) is 9.59 Å². The quantitative estimate of drug-likeness (QED) is 0.778. The fourth-order valence-electron chi connectivity index (χ4n) is 4.20. The first kappa shape index (κ1) is 19.0. The standard InChI is InChI=1S/C22H23ClN2O3/c1-15-12-18(4-2-16(15)14-26)28-11-10-25-8-6-22(7-9-25)19-13-17(23)3-5-20(19)24-21(22)27/h2-5,12-14H,6-11H2,1H3,(H,24,27). The van der Waals surface area contributed by atoms with Gasteiger partial charge in [-0.25, -0.2) is 0 Å². The Balaban J connectivity index is 1.34. The molecule has 4 rings (SSSR count). The number of likely N-dealkylation sites (tertiary alicyclic amines) is 1. The van der Waals surface area contributed by atoms with Gasteiger partial charge in [0, 0.05) is 22.8 Å². The number of piperidine rings is 1. The van der Waals surface area contributed by atoms with E-state index in [0.29, 0.717) is 17.2 Å². The highest BCUT2D eigenvalue weighted by Crippen LogP contribution is 2.45. The Morgan fingerprint density at radius 2 is 2.00 bits per heavy atom. The molecule has 0 saturated carbocycles. The highest BCUT2D eigenvalue weighted by atomic mass is 35.5. The van der Waals surface area contributed by atoms with Crippen LogP contribution in [0.5, 0.6) is 5.75 Å². The van der Waals surface area contributed by atoms with Crippen LogP contribution in [-0.4, -0.2) is 43.3 Å². The maximum absolute atomic E-state index is 12.7. The summed E-state index contributed by atoms with van der Waals surface area (Å²) in [7, 11) is 0. The monoisotopic (exact) mass is 398 g/mol. The van der Waals surface area contributed by atoms with Crippen LogP contribution in [0.1, 0.15) is 34.3 Å². The average molecular weight is 399 g/mol. The third-order valence-corrected chi connectivity index (χ3v) is 6.17. The number of hydrogen-bond donors (Lipinski definition) is 1. The molecule has 0 bridgehead atoms. The molecule has 2 aromatic rings. The van der Waals surface area contributed by atoms with E-state index in [1.165, 1.54) is 0 Å². The Labute approximate surface area is 169 Å². The SMILES string of the molecule is Cc1cc(OCCN2CCC3(CC2)C(=O)Nc2ccc(Cl)cc23)ccc1C=O. The third kappa shape index (κ3) is 3.40. The largest absolute Gasteiger partial charge is 0.492 e. The van der Waals surface area contributed by atoms with Gasteiger partial charge in [-0.1, -0.05) is 11.6 Å². The van der Waals surface area contributed by atoms with Gasteiger partial charge in [0.2, 0.25) is 5.91 Å². The predicted molar refractivity (Wildman–Crippen MR) is 109 cm³/mol. The van der Waals surface area contributed by atoms with E-state index < -0.39 is 5.41 Å². The highest BCUT2D eigenvalue weighted by molar-refractivity contribution is 6.31. The molecule has 28 heavy (non-hydrogen) atoms. The number of carbonyl (C=O) groups excluding carboxylic acids is 2. The lowest BCUT2D eigenvalue weighted by atomic mass is 9.73. The molecule has 146 valence electrons. The Morgan fingerprint density at radius 3 is 2.71 bits per heavy atom. The van der Waals surface area contributed by atoms with Crippen LogP contribution in [0.3, 0.4) is 0 Å². The molecule has 6 heteroatoms. The molecule has 2 aliphatic rings. The van der Waals surface area contributed by atoms with E-state index in [1.54, 1.807) is 6.07 Å². The number of carbonyl (C=O) groups is 2. The number of nitrogens with zero attached hydrogens (tertiary/aromatic N) is 1. The molecule has 0 atom stereocenters. The van der Waals surface area contributed by atoms with Gasteiger partial charge >= 0.3 is 0 Å². The summed E-state index contributed by atoms with van der Waals surface area (Å²) in [6.45, 7) is 4.95. The number of ether oxygens (including phenoxy) is 1. The summed E-state index contributed by atoms with van der Waals surface area (Å²) in [6, 6.07) is 11.1. The van der Waals surface area contributed by atoms with Gasteiger partial charge in [0.25, 0.3) is 0 Å². The molecule has 0 unspecified atom stereocenters. The van der Waals surface area contributed by atoms with Crippen LogP contribution in [-0.2, 0) is 10.2 Å². The number of benzene rings is 2. The lowest BCUT2D eigenvalue weighted by molar-refractivity contribution is -0.122. The molecule has 0 radical (unpaired) electrons. The minimum absolute atomic E-state index is 0.0893. The Kier molecular flexibility index (Phi) is 5.13. The van der Waals surface area contributed by atoms with Crippen LogP contribution in [0.4, 0.5) is 5.69 Å². The molecule has 1 fully saturated rings. The molecular formula is C22H23ClN2O3. The number of halogens is 1. The molecule has 5 nitrogen and oxygen atoms in total. The number of nitrogens with one attached hydrogen (secondary N) is 1.